The number of benzene rings is 2. The summed E-state index contributed by atoms with van der Waals surface area (Å²) in [5.74, 6) is -0.972. The Kier molecular flexibility index (Phi) is 4.11. The smallest absolute Gasteiger partial charge is 0.335 e. The first-order valence-electron chi connectivity index (χ1n) is 7.15. The Hall–Kier alpha value is -3.41. The van der Waals surface area contributed by atoms with Crippen LogP contribution < -0.4 is 10.1 Å². The highest BCUT2D eigenvalue weighted by Gasteiger charge is 2.17. The van der Waals surface area contributed by atoms with Crippen LogP contribution in [0.4, 0.5) is 5.69 Å². The zero-order valence-electron chi connectivity index (χ0n) is 12.5. The average molecular weight is 323 g/mol. The van der Waals surface area contributed by atoms with Crippen LogP contribution in [0.1, 0.15) is 26.3 Å². The van der Waals surface area contributed by atoms with Crippen molar-refractivity contribution in [1.29, 1.82) is 0 Å². The number of fused-ring (bicyclic) bond motifs is 1. The van der Waals surface area contributed by atoms with E-state index in [-0.39, 0.29) is 23.9 Å². The summed E-state index contributed by atoms with van der Waals surface area (Å²) in [5, 5.41) is 11.5. The first-order valence-corrected chi connectivity index (χ1v) is 7.15. The monoisotopic (exact) mass is 323 g/mol. The lowest BCUT2D eigenvalue weighted by Crippen LogP contribution is -2.25. The summed E-state index contributed by atoms with van der Waals surface area (Å²) in [7, 11) is 0. The van der Waals surface area contributed by atoms with E-state index >= 15 is 0 Å². The molecular weight excluding hydrogens is 310 g/mol. The van der Waals surface area contributed by atoms with E-state index in [2.05, 4.69) is 5.32 Å². The molecule has 0 aromatic heterocycles. The third kappa shape index (κ3) is 3.33. The molecule has 0 bridgehead atoms. The second-order valence-electron chi connectivity index (χ2n) is 5.17. The molecule has 1 amide bonds. The standard InChI is InChI=1S/C18H13NO5/c20-15(7-3-11-1-4-12(5-2-11)18(22)23)13-6-8-16-14(9-13)19-17(21)10-24-16/h1-9H,10H2,(H,19,21)(H,22,23)/b7-3+. The number of carboxylic acids is 1. The van der Waals surface area contributed by atoms with Crippen molar-refractivity contribution in [3.05, 3.63) is 65.2 Å². The average Bonchev–Trinajstić information content (AvgIpc) is 2.59. The maximum Gasteiger partial charge on any atom is 0.335 e. The zero-order valence-corrected chi connectivity index (χ0v) is 12.5. The Bertz CT molecular complexity index is 852. The molecule has 0 aliphatic carbocycles. The first-order chi connectivity index (χ1) is 11.5. The van der Waals surface area contributed by atoms with E-state index in [9.17, 15) is 14.4 Å². The number of amides is 1. The summed E-state index contributed by atoms with van der Waals surface area (Å²) in [6.45, 7) is -0.0352. The van der Waals surface area contributed by atoms with Crippen molar-refractivity contribution in [1.82, 2.24) is 0 Å². The normalized spacial score (nSPS) is 13.1. The van der Waals surface area contributed by atoms with Crippen LogP contribution in [0.5, 0.6) is 5.75 Å². The van der Waals surface area contributed by atoms with E-state index in [1.54, 1.807) is 36.4 Å². The lowest BCUT2D eigenvalue weighted by Gasteiger charge is -2.17. The Morgan fingerprint density at radius 3 is 2.50 bits per heavy atom. The van der Waals surface area contributed by atoms with Crippen LogP contribution in [-0.4, -0.2) is 29.4 Å². The molecule has 0 saturated heterocycles. The van der Waals surface area contributed by atoms with Gasteiger partial charge in [0.05, 0.1) is 11.3 Å². The highest BCUT2D eigenvalue weighted by atomic mass is 16.5. The van der Waals surface area contributed by atoms with Gasteiger partial charge < -0.3 is 15.2 Å². The van der Waals surface area contributed by atoms with Gasteiger partial charge in [0.2, 0.25) is 0 Å². The lowest BCUT2D eigenvalue weighted by atomic mass is 10.1. The molecule has 0 radical (unpaired) electrons. The van der Waals surface area contributed by atoms with Crippen molar-refractivity contribution in [3.8, 4) is 5.75 Å². The van der Waals surface area contributed by atoms with Gasteiger partial charge in [0.25, 0.3) is 5.91 Å². The molecule has 1 heterocycles. The summed E-state index contributed by atoms with van der Waals surface area (Å²) in [5.41, 5.74) is 1.78. The predicted molar refractivity (Wildman–Crippen MR) is 87.3 cm³/mol. The topological polar surface area (TPSA) is 92.7 Å². The Balaban J connectivity index is 1.76. The third-order valence-corrected chi connectivity index (χ3v) is 3.48. The van der Waals surface area contributed by atoms with Crippen LogP contribution in [0.3, 0.4) is 0 Å². The van der Waals surface area contributed by atoms with E-state index in [0.29, 0.717) is 22.6 Å². The Morgan fingerprint density at radius 2 is 1.79 bits per heavy atom. The fourth-order valence-corrected chi connectivity index (χ4v) is 2.24. The van der Waals surface area contributed by atoms with Crippen molar-refractivity contribution in [2.45, 2.75) is 0 Å². The molecule has 1 aliphatic heterocycles. The molecule has 2 N–H and O–H groups in total. The van der Waals surface area contributed by atoms with Crippen LogP contribution >= 0.6 is 0 Å². The number of nitrogens with one attached hydrogen (secondary N) is 1. The minimum atomic E-state index is -1.00. The van der Waals surface area contributed by atoms with Gasteiger partial charge in [0.1, 0.15) is 5.75 Å². The van der Waals surface area contributed by atoms with Crippen LogP contribution in [-0.2, 0) is 4.79 Å². The number of allylic oxidation sites excluding steroid dienone is 1. The fraction of sp³-hybridized carbons (Fsp3) is 0.0556. The molecule has 0 spiro atoms. The number of carboxylic acid groups (broad SMARTS) is 1. The van der Waals surface area contributed by atoms with Gasteiger partial charge in [-0.15, -0.1) is 0 Å². The van der Waals surface area contributed by atoms with E-state index in [1.165, 1.54) is 18.2 Å². The number of carbonyl (C=O) groups excluding carboxylic acids is 2. The molecule has 120 valence electrons. The van der Waals surface area contributed by atoms with Gasteiger partial charge in [-0.3, -0.25) is 9.59 Å². The van der Waals surface area contributed by atoms with Crippen molar-refractivity contribution >= 4 is 29.4 Å². The van der Waals surface area contributed by atoms with Crippen LogP contribution in [0.25, 0.3) is 6.08 Å². The highest BCUT2D eigenvalue weighted by Crippen LogP contribution is 2.28. The van der Waals surface area contributed by atoms with E-state index in [4.69, 9.17) is 9.84 Å². The third-order valence-electron chi connectivity index (χ3n) is 3.48. The fourth-order valence-electron chi connectivity index (χ4n) is 2.24. The highest BCUT2D eigenvalue weighted by molar-refractivity contribution is 6.08. The molecule has 24 heavy (non-hydrogen) atoms. The van der Waals surface area contributed by atoms with Crippen LogP contribution in [0, 0.1) is 0 Å². The molecule has 0 unspecified atom stereocenters. The van der Waals surface area contributed by atoms with Crippen molar-refractivity contribution in [2.75, 3.05) is 11.9 Å². The second-order valence-corrected chi connectivity index (χ2v) is 5.17. The van der Waals surface area contributed by atoms with Gasteiger partial charge in [-0.05, 0) is 42.0 Å². The molecule has 6 heteroatoms. The lowest BCUT2D eigenvalue weighted by molar-refractivity contribution is -0.118. The van der Waals surface area contributed by atoms with Gasteiger partial charge in [0, 0.05) is 5.56 Å². The largest absolute Gasteiger partial charge is 0.482 e. The minimum absolute atomic E-state index is 0.0352. The van der Waals surface area contributed by atoms with Crippen molar-refractivity contribution < 1.29 is 24.2 Å². The number of hydrogen-bond acceptors (Lipinski definition) is 4. The van der Waals surface area contributed by atoms with Crippen molar-refractivity contribution in [2.24, 2.45) is 0 Å². The maximum atomic E-state index is 12.2. The van der Waals surface area contributed by atoms with Crippen molar-refractivity contribution in [3.63, 3.8) is 0 Å². The number of ether oxygens (including phenoxy) is 1. The summed E-state index contributed by atoms with van der Waals surface area (Å²) in [4.78, 5) is 34.3. The molecule has 1 aliphatic rings. The Labute approximate surface area is 137 Å². The first kappa shape index (κ1) is 15.5. The zero-order chi connectivity index (χ0) is 17.1. The predicted octanol–water partition coefficient (Wildman–Crippen LogP) is 2.61. The van der Waals surface area contributed by atoms with Gasteiger partial charge in [-0.2, -0.15) is 0 Å². The Morgan fingerprint density at radius 1 is 1.08 bits per heavy atom. The van der Waals surface area contributed by atoms with Gasteiger partial charge in [0.15, 0.2) is 12.4 Å². The maximum absolute atomic E-state index is 12.2. The van der Waals surface area contributed by atoms with E-state index < -0.39 is 5.97 Å². The summed E-state index contributed by atoms with van der Waals surface area (Å²) >= 11 is 0. The van der Waals surface area contributed by atoms with E-state index in [0.717, 1.165) is 0 Å². The quantitative estimate of drug-likeness (QED) is 0.666. The molecule has 0 fully saturated rings. The molecule has 3 rings (SSSR count). The minimum Gasteiger partial charge on any atom is -0.482 e. The summed E-state index contributed by atoms with van der Waals surface area (Å²) in [6.07, 6.45) is 2.99. The number of rotatable bonds is 4. The number of ketones is 1. The molecule has 2 aromatic carbocycles. The summed E-state index contributed by atoms with van der Waals surface area (Å²) in [6, 6.07) is 11.0. The molecule has 2 aromatic rings. The van der Waals surface area contributed by atoms with Gasteiger partial charge in [-0.1, -0.05) is 18.2 Å². The van der Waals surface area contributed by atoms with Crippen LogP contribution in [0.15, 0.2) is 48.5 Å². The van der Waals surface area contributed by atoms with Crippen LogP contribution in [0.2, 0.25) is 0 Å². The molecule has 0 saturated carbocycles. The SMILES string of the molecule is O=C1COc2ccc(C(=O)/C=C/c3ccc(C(=O)O)cc3)cc2N1. The summed E-state index contributed by atoms with van der Waals surface area (Å²) < 4.78 is 5.24. The number of anilines is 1. The molecular formula is C18H13NO5. The molecule has 0 atom stereocenters. The van der Waals surface area contributed by atoms with Gasteiger partial charge in [-0.25, -0.2) is 4.79 Å². The number of aromatic carboxylic acids is 1. The molecule has 6 nitrogen and oxygen atoms in total. The number of carbonyl (C=O) groups is 3. The van der Waals surface area contributed by atoms with Gasteiger partial charge >= 0.3 is 5.97 Å². The number of hydrogen-bond donors (Lipinski definition) is 2. The van der Waals surface area contributed by atoms with E-state index in [1.807, 2.05) is 0 Å². The second kappa shape index (κ2) is 6.37.